The second-order valence-electron chi connectivity index (χ2n) is 5.85. The SMILES string of the molecule is COc1ccc(CN=Nc2ncnc3c(C)c(-c4ccsc4)sc23)cc1O. The zero-order chi connectivity index (χ0) is 18.8. The summed E-state index contributed by atoms with van der Waals surface area (Å²) in [5.41, 5.74) is 4.07. The fourth-order valence-corrected chi connectivity index (χ4v) is 4.68. The molecule has 0 aliphatic rings. The Kier molecular flexibility index (Phi) is 4.83. The molecular weight excluding hydrogens is 380 g/mol. The van der Waals surface area contributed by atoms with Crippen LogP contribution < -0.4 is 4.74 Å². The Hall–Kier alpha value is -2.84. The Morgan fingerprint density at radius 2 is 2.11 bits per heavy atom. The van der Waals surface area contributed by atoms with Crippen molar-refractivity contribution in [2.75, 3.05) is 7.11 Å². The maximum atomic E-state index is 9.86. The number of aromatic hydroxyl groups is 1. The predicted octanol–water partition coefficient (Wildman–Crippen LogP) is 5.73. The number of fused-ring (bicyclic) bond motifs is 1. The number of phenolic OH excluding ortho intramolecular Hbond substituents is 1. The molecule has 0 aliphatic carbocycles. The molecule has 4 rings (SSSR count). The van der Waals surface area contributed by atoms with Crippen LogP contribution in [-0.2, 0) is 6.54 Å². The summed E-state index contributed by atoms with van der Waals surface area (Å²) in [6.45, 7) is 2.41. The van der Waals surface area contributed by atoms with E-state index in [9.17, 15) is 5.11 Å². The second-order valence-corrected chi connectivity index (χ2v) is 7.65. The first-order chi connectivity index (χ1) is 13.2. The number of aromatic nitrogens is 2. The van der Waals surface area contributed by atoms with Gasteiger partial charge in [0.1, 0.15) is 11.0 Å². The highest BCUT2D eigenvalue weighted by Crippen LogP contribution is 2.41. The predicted molar refractivity (Wildman–Crippen MR) is 108 cm³/mol. The van der Waals surface area contributed by atoms with Gasteiger partial charge in [0.15, 0.2) is 17.3 Å². The normalized spacial score (nSPS) is 11.5. The molecule has 3 aromatic heterocycles. The first-order valence-electron chi connectivity index (χ1n) is 8.17. The van der Waals surface area contributed by atoms with Gasteiger partial charge in [0, 0.05) is 10.4 Å². The largest absolute Gasteiger partial charge is 0.504 e. The fraction of sp³-hybridized carbons (Fsp3) is 0.158. The molecule has 0 radical (unpaired) electrons. The van der Waals surface area contributed by atoms with Crippen molar-refractivity contribution in [2.45, 2.75) is 13.5 Å². The standard InChI is InChI=1S/C19H16N4O2S2/c1-11-16-18(27-17(11)13-5-6-26-9-13)19(21-10-20-16)23-22-8-12-3-4-15(25-2)14(24)7-12/h3-7,9-10,24H,8H2,1-2H3. The van der Waals surface area contributed by atoms with E-state index in [4.69, 9.17) is 4.74 Å². The first kappa shape index (κ1) is 17.6. The lowest BCUT2D eigenvalue weighted by atomic mass is 10.2. The monoisotopic (exact) mass is 396 g/mol. The Labute approximate surface area is 163 Å². The van der Waals surface area contributed by atoms with E-state index in [1.54, 1.807) is 34.8 Å². The van der Waals surface area contributed by atoms with E-state index in [1.165, 1.54) is 23.9 Å². The van der Waals surface area contributed by atoms with Crippen LogP contribution in [0.25, 0.3) is 20.7 Å². The summed E-state index contributed by atoms with van der Waals surface area (Å²) in [4.78, 5) is 9.90. The average Bonchev–Trinajstić information content (AvgIpc) is 3.31. The van der Waals surface area contributed by atoms with E-state index in [-0.39, 0.29) is 5.75 Å². The maximum Gasteiger partial charge on any atom is 0.195 e. The van der Waals surface area contributed by atoms with Crippen LogP contribution in [-0.4, -0.2) is 22.2 Å². The van der Waals surface area contributed by atoms with Crippen LogP contribution in [0.5, 0.6) is 11.5 Å². The van der Waals surface area contributed by atoms with Gasteiger partial charge in [-0.2, -0.15) is 16.5 Å². The topological polar surface area (TPSA) is 80.0 Å². The number of thiophene rings is 2. The van der Waals surface area contributed by atoms with Gasteiger partial charge in [0.05, 0.1) is 19.2 Å². The summed E-state index contributed by atoms with van der Waals surface area (Å²) in [7, 11) is 1.52. The summed E-state index contributed by atoms with van der Waals surface area (Å²) in [5.74, 6) is 1.08. The minimum absolute atomic E-state index is 0.0870. The number of phenols is 1. The molecule has 0 aliphatic heterocycles. The van der Waals surface area contributed by atoms with Crippen molar-refractivity contribution in [3.05, 3.63) is 52.5 Å². The molecule has 0 atom stereocenters. The third-order valence-corrected chi connectivity index (χ3v) is 6.14. The van der Waals surface area contributed by atoms with E-state index in [1.807, 2.05) is 6.07 Å². The molecule has 4 aromatic rings. The second kappa shape index (κ2) is 7.42. The van der Waals surface area contributed by atoms with Gasteiger partial charge in [-0.05, 0) is 47.0 Å². The Morgan fingerprint density at radius 3 is 2.85 bits per heavy atom. The molecule has 0 saturated carbocycles. The van der Waals surface area contributed by atoms with Crippen LogP contribution in [0, 0.1) is 6.92 Å². The van der Waals surface area contributed by atoms with Gasteiger partial charge in [-0.1, -0.05) is 6.07 Å². The van der Waals surface area contributed by atoms with Gasteiger partial charge in [-0.3, -0.25) is 0 Å². The van der Waals surface area contributed by atoms with Crippen molar-refractivity contribution in [3.8, 4) is 21.9 Å². The van der Waals surface area contributed by atoms with Gasteiger partial charge >= 0.3 is 0 Å². The Bertz CT molecular complexity index is 1120. The van der Waals surface area contributed by atoms with Crippen molar-refractivity contribution in [2.24, 2.45) is 10.2 Å². The third kappa shape index (κ3) is 3.41. The molecular formula is C19H16N4O2S2. The molecule has 27 heavy (non-hydrogen) atoms. The van der Waals surface area contributed by atoms with Crippen LogP contribution in [0.3, 0.4) is 0 Å². The maximum absolute atomic E-state index is 9.86. The lowest BCUT2D eigenvalue weighted by Gasteiger charge is -2.03. The number of nitrogens with zero attached hydrogens (tertiary/aromatic N) is 4. The van der Waals surface area contributed by atoms with Crippen molar-refractivity contribution < 1.29 is 9.84 Å². The highest BCUT2D eigenvalue weighted by Gasteiger charge is 2.15. The highest BCUT2D eigenvalue weighted by atomic mass is 32.1. The molecule has 1 N–H and O–H groups in total. The van der Waals surface area contributed by atoms with Crippen molar-refractivity contribution in [3.63, 3.8) is 0 Å². The minimum Gasteiger partial charge on any atom is -0.504 e. The van der Waals surface area contributed by atoms with Gasteiger partial charge in [0.2, 0.25) is 0 Å². The lowest BCUT2D eigenvalue weighted by Crippen LogP contribution is -1.86. The molecule has 0 amide bonds. The Morgan fingerprint density at radius 1 is 1.22 bits per heavy atom. The molecule has 8 heteroatoms. The van der Waals surface area contributed by atoms with E-state index < -0.39 is 0 Å². The van der Waals surface area contributed by atoms with Crippen molar-refractivity contribution >= 4 is 38.7 Å². The van der Waals surface area contributed by atoms with E-state index >= 15 is 0 Å². The number of methoxy groups -OCH3 is 1. The van der Waals surface area contributed by atoms with Gasteiger partial charge in [0.25, 0.3) is 0 Å². The fourth-order valence-electron chi connectivity index (χ4n) is 2.77. The molecule has 1 aromatic carbocycles. The number of ether oxygens (including phenoxy) is 1. The zero-order valence-electron chi connectivity index (χ0n) is 14.7. The number of rotatable bonds is 5. The molecule has 0 bridgehead atoms. The summed E-state index contributed by atoms with van der Waals surface area (Å²) >= 11 is 3.31. The summed E-state index contributed by atoms with van der Waals surface area (Å²) in [5, 5.41) is 22.6. The molecule has 6 nitrogen and oxygen atoms in total. The van der Waals surface area contributed by atoms with Crippen molar-refractivity contribution in [1.82, 2.24) is 9.97 Å². The molecule has 0 saturated heterocycles. The molecule has 0 fully saturated rings. The number of azo groups is 1. The minimum atomic E-state index is 0.0870. The van der Waals surface area contributed by atoms with Crippen LogP contribution in [0.4, 0.5) is 5.82 Å². The summed E-state index contributed by atoms with van der Waals surface area (Å²) in [6, 6.07) is 7.28. The van der Waals surface area contributed by atoms with Gasteiger partial charge < -0.3 is 9.84 Å². The quantitative estimate of drug-likeness (QED) is 0.437. The molecule has 0 spiro atoms. The van der Waals surface area contributed by atoms with Crippen LogP contribution in [0.15, 0.2) is 51.6 Å². The Balaban J connectivity index is 1.63. The summed E-state index contributed by atoms with van der Waals surface area (Å²) < 4.78 is 5.98. The van der Waals surface area contributed by atoms with Crippen LogP contribution >= 0.6 is 22.7 Å². The number of hydrogen-bond donors (Lipinski definition) is 1. The highest BCUT2D eigenvalue weighted by molar-refractivity contribution is 7.23. The molecule has 136 valence electrons. The number of hydrogen-bond acceptors (Lipinski definition) is 8. The zero-order valence-corrected chi connectivity index (χ0v) is 16.3. The summed E-state index contributed by atoms with van der Waals surface area (Å²) in [6.07, 6.45) is 1.52. The lowest BCUT2D eigenvalue weighted by molar-refractivity contribution is 0.373. The van der Waals surface area contributed by atoms with Crippen LogP contribution in [0.2, 0.25) is 0 Å². The number of benzene rings is 1. The van der Waals surface area contributed by atoms with Crippen molar-refractivity contribution in [1.29, 1.82) is 0 Å². The average molecular weight is 396 g/mol. The van der Waals surface area contributed by atoms with Gasteiger partial charge in [-0.15, -0.1) is 16.5 Å². The van der Waals surface area contributed by atoms with E-state index in [0.29, 0.717) is 18.1 Å². The third-order valence-electron chi connectivity index (χ3n) is 4.13. The molecule has 0 unspecified atom stereocenters. The van der Waals surface area contributed by atoms with E-state index in [2.05, 4.69) is 43.9 Å². The smallest absolute Gasteiger partial charge is 0.195 e. The van der Waals surface area contributed by atoms with Crippen LogP contribution in [0.1, 0.15) is 11.1 Å². The van der Waals surface area contributed by atoms with Gasteiger partial charge in [-0.25, -0.2) is 9.97 Å². The molecule has 3 heterocycles. The van der Waals surface area contributed by atoms with E-state index in [0.717, 1.165) is 21.3 Å². The number of aryl methyl sites for hydroxylation is 1. The first-order valence-corrected chi connectivity index (χ1v) is 9.93.